The molecule has 1 aromatic heterocycles. The van der Waals surface area contributed by atoms with E-state index in [-0.39, 0.29) is 11.4 Å². The summed E-state index contributed by atoms with van der Waals surface area (Å²) in [6.45, 7) is 7.38. The van der Waals surface area contributed by atoms with Gasteiger partial charge in [0.25, 0.3) is 5.91 Å². The number of imidazole rings is 1. The number of hydrogen-bond acceptors (Lipinski definition) is 3. The van der Waals surface area contributed by atoms with E-state index in [0.29, 0.717) is 18.8 Å². The van der Waals surface area contributed by atoms with E-state index in [2.05, 4.69) is 11.9 Å². The number of rotatable bonds is 5. The van der Waals surface area contributed by atoms with Crippen LogP contribution in [0.15, 0.2) is 12.5 Å². The maximum absolute atomic E-state index is 12.2. The lowest BCUT2D eigenvalue weighted by Crippen LogP contribution is -2.44. The molecule has 0 unspecified atom stereocenters. The van der Waals surface area contributed by atoms with Gasteiger partial charge < -0.3 is 15.2 Å². The molecule has 96 valence electrons. The van der Waals surface area contributed by atoms with Gasteiger partial charge in [-0.3, -0.25) is 4.79 Å². The van der Waals surface area contributed by atoms with Crippen LogP contribution in [-0.2, 0) is 6.54 Å². The summed E-state index contributed by atoms with van der Waals surface area (Å²) in [5, 5.41) is 0. The number of hydrogen-bond donors (Lipinski definition) is 1. The van der Waals surface area contributed by atoms with Crippen LogP contribution in [0, 0.1) is 0 Å². The summed E-state index contributed by atoms with van der Waals surface area (Å²) in [6.07, 6.45) is 4.29. The lowest BCUT2D eigenvalue weighted by Gasteiger charge is -2.34. The van der Waals surface area contributed by atoms with Gasteiger partial charge in [0.1, 0.15) is 5.69 Å². The second-order valence-corrected chi connectivity index (χ2v) is 4.82. The van der Waals surface area contributed by atoms with Gasteiger partial charge in [0.2, 0.25) is 0 Å². The molecule has 0 saturated carbocycles. The van der Waals surface area contributed by atoms with E-state index in [0.717, 1.165) is 6.42 Å². The molecule has 5 heteroatoms. The van der Waals surface area contributed by atoms with E-state index in [9.17, 15) is 4.79 Å². The van der Waals surface area contributed by atoms with Gasteiger partial charge >= 0.3 is 0 Å². The Kier molecular flexibility index (Phi) is 4.28. The Morgan fingerprint density at radius 1 is 1.59 bits per heavy atom. The Bertz CT molecular complexity index is 384. The van der Waals surface area contributed by atoms with Gasteiger partial charge in [0.05, 0.1) is 6.33 Å². The summed E-state index contributed by atoms with van der Waals surface area (Å²) < 4.78 is 1.83. The molecule has 0 aromatic carbocycles. The number of nitrogens with two attached hydrogens (primary N) is 1. The Balaban J connectivity index is 2.81. The molecule has 0 atom stereocenters. The molecule has 17 heavy (non-hydrogen) atoms. The molecule has 0 aliphatic rings. The monoisotopic (exact) mass is 238 g/mol. The maximum Gasteiger partial charge on any atom is 0.274 e. The molecule has 0 radical (unpaired) electrons. The van der Waals surface area contributed by atoms with Crippen LogP contribution in [0.4, 0.5) is 0 Å². The normalized spacial score (nSPS) is 11.6. The van der Waals surface area contributed by atoms with Crippen molar-refractivity contribution < 1.29 is 4.79 Å². The highest BCUT2D eigenvalue weighted by molar-refractivity contribution is 5.92. The third-order valence-electron chi connectivity index (χ3n) is 3.32. The first-order chi connectivity index (χ1) is 7.92. The van der Waals surface area contributed by atoms with E-state index < -0.39 is 0 Å². The van der Waals surface area contributed by atoms with Gasteiger partial charge in [0, 0.05) is 31.9 Å². The van der Waals surface area contributed by atoms with Crippen molar-refractivity contribution in [3.8, 4) is 0 Å². The average Bonchev–Trinajstić information content (AvgIpc) is 2.76. The van der Waals surface area contributed by atoms with Crippen LogP contribution in [0.1, 0.15) is 37.7 Å². The topological polar surface area (TPSA) is 64.2 Å². The summed E-state index contributed by atoms with van der Waals surface area (Å²) in [5.41, 5.74) is 5.77. The van der Waals surface area contributed by atoms with Gasteiger partial charge in [-0.05, 0) is 20.3 Å². The van der Waals surface area contributed by atoms with Crippen molar-refractivity contribution in [2.24, 2.45) is 5.73 Å². The first-order valence-corrected chi connectivity index (χ1v) is 5.92. The van der Waals surface area contributed by atoms with Crippen molar-refractivity contribution in [2.75, 3.05) is 13.6 Å². The van der Waals surface area contributed by atoms with Gasteiger partial charge in [-0.15, -0.1) is 0 Å². The third-order valence-corrected chi connectivity index (χ3v) is 3.32. The van der Waals surface area contributed by atoms with Gasteiger partial charge in [-0.2, -0.15) is 0 Å². The number of carbonyl (C=O) groups excluding carboxylic acids is 1. The van der Waals surface area contributed by atoms with Gasteiger partial charge in [0.15, 0.2) is 0 Å². The van der Waals surface area contributed by atoms with Gasteiger partial charge in [-0.1, -0.05) is 6.92 Å². The Morgan fingerprint density at radius 2 is 2.24 bits per heavy atom. The molecule has 0 fully saturated rings. The van der Waals surface area contributed by atoms with Crippen molar-refractivity contribution in [1.29, 1.82) is 0 Å². The second kappa shape index (κ2) is 5.31. The van der Waals surface area contributed by atoms with E-state index in [1.165, 1.54) is 0 Å². The fourth-order valence-corrected chi connectivity index (χ4v) is 1.43. The van der Waals surface area contributed by atoms with Crippen LogP contribution in [0.2, 0.25) is 0 Å². The summed E-state index contributed by atoms with van der Waals surface area (Å²) in [5.74, 6) is -0.0485. The number of aromatic nitrogens is 2. The lowest BCUT2D eigenvalue weighted by atomic mass is 10.00. The summed E-state index contributed by atoms with van der Waals surface area (Å²) in [7, 11) is 1.81. The number of carbonyl (C=O) groups is 1. The Labute approximate surface area is 103 Å². The van der Waals surface area contributed by atoms with E-state index >= 15 is 0 Å². The third kappa shape index (κ3) is 3.06. The van der Waals surface area contributed by atoms with Crippen molar-refractivity contribution in [3.05, 3.63) is 18.2 Å². The first-order valence-electron chi connectivity index (χ1n) is 5.92. The van der Waals surface area contributed by atoms with Crippen molar-refractivity contribution in [1.82, 2.24) is 14.5 Å². The standard InChI is InChI=1S/C12H22N4O/c1-5-12(2,3)15(4)11(17)10-8-16(7-6-13)9-14-10/h8-9H,5-7,13H2,1-4H3. The Morgan fingerprint density at radius 3 is 2.76 bits per heavy atom. The SMILES string of the molecule is CCC(C)(C)N(C)C(=O)c1cn(CCN)cn1. The number of amides is 1. The molecule has 0 bridgehead atoms. The van der Waals surface area contributed by atoms with Crippen molar-refractivity contribution in [3.63, 3.8) is 0 Å². The van der Waals surface area contributed by atoms with E-state index in [4.69, 9.17) is 5.73 Å². The summed E-state index contributed by atoms with van der Waals surface area (Å²) in [4.78, 5) is 18.0. The molecule has 5 nitrogen and oxygen atoms in total. The highest BCUT2D eigenvalue weighted by Crippen LogP contribution is 2.18. The summed E-state index contributed by atoms with van der Waals surface area (Å²) >= 11 is 0. The zero-order valence-electron chi connectivity index (χ0n) is 11.1. The highest BCUT2D eigenvalue weighted by Gasteiger charge is 2.27. The van der Waals surface area contributed by atoms with Crippen molar-refractivity contribution in [2.45, 2.75) is 39.3 Å². The Hall–Kier alpha value is -1.36. The van der Waals surface area contributed by atoms with E-state index in [1.54, 1.807) is 17.4 Å². The minimum absolute atomic E-state index is 0.0485. The molecule has 1 rings (SSSR count). The molecule has 1 aromatic rings. The average molecular weight is 238 g/mol. The molecule has 0 spiro atoms. The summed E-state index contributed by atoms with van der Waals surface area (Å²) in [6, 6.07) is 0. The fraction of sp³-hybridized carbons (Fsp3) is 0.667. The molecular weight excluding hydrogens is 216 g/mol. The zero-order chi connectivity index (χ0) is 13.1. The quantitative estimate of drug-likeness (QED) is 0.835. The first kappa shape index (κ1) is 13.7. The number of nitrogens with zero attached hydrogens (tertiary/aromatic N) is 3. The van der Waals surface area contributed by atoms with Crippen LogP contribution in [0.3, 0.4) is 0 Å². The molecule has 0 saturated heterocycles. The highest BCUT2D eigenvalue weighted by atomic mass is 16.2. The molecule has 1 heterocycles. The smallest absolute Gasteiger partial charge is 0.274 e. The maximum atomic E-state index is 12.2. The van der Waals surface area contributed by atoms with Crippen LogP contribution in [-0.4, -0.2) is 39.5 Å². The van der Waals surface area contributed by atoms with Crippen LogP contribution < -0.4 is 5.73 Å². The van der Waals surface area contributed by atoms with E-state index in [1.807, 2.05) is 25.5 Å². The molecule has 0 aliphatic heterocycles. The zero-order valence-corrected chi connectivity index (χ0v) is 11.1. The van der Waals surface area contributed by atoms with Crippen LogP contribution in [0.5, 0.6) is 0 Å². The molecule has 1 amide bonds. The second-order valence-electron chi connectivity index (χ2n) is 4.82. The minimum atomic E-state index is -0.158. The van der Waals surface area contributed by atoms with Crippen LogP contribution in [0.25, 0.3) is 0 Å². The minimum Gasteiger partial charge on any atom is -0.335 e. The predicted molar refractivity (Wildman–Crippen MR) is 67.7 cm³/mol. The molecule has 0 aliphatic carbocycles. The predicted octanol–water partition coefficient (Wildman–Crippen LogP) is 1.10. The molecule has 2 N–H and O–H groups in total. The van der Waals surface area contributed by atoms with Crippen molar-refractivity contribution >= 4 is 5.91 Å². The fourth-order valence-electron chi connectivity index (χ4n) is 1.43. The molecular formula is C12H22N4O. The lowest BCUT2D eigenvalue weighted by molar-refractivity contribution is 0.0614. The van der Waals surface area contributed by atoms with Gasteiger partial charge in [-0.25, -0.2) is 4.98 Å². The largest absolute Gasteiger partial charge is 0.335 e. The van der Waals surface area contributed by atoms with Crippen LogP contribution >= 0.6 is 0 Å².